The predicted octanol–water partition coefficient (Wildman–Crippen LogP) is 12.5. The van der Waals surface area contributed by atoms with Crippen LogP contribution in [-0.4, -0.2) is 18.0 Å². The van der Waals surface area contributed by atoms with Crippen LogP contribution in [-0.2, 0) is 0 Å². The number of hydrogen-bond donors (Lipinski definition) is 1. The molecule has 0 aliphatic carbocycles. The summed E-state index contributed by atoms with van der Waals surface area (Å²) >= 11 is 0. The summed E-state index contributed by atoms with van der Waals surface area (Å²) < 4.78 is 6.00. The third-order valence-corrected chi connectivity index (χ3v) is 9.37. The molecule has 0 aliphatic heterocycles. The largest absolute Gasteiger partial charge is 0.508 e. The molecule has 0 heterocycles. The molecule has 4 atom stereocenters. The standard InChI is InChI=1S/C40H62O3/c1-10-14-18-28(5)33-26-32(38(37(27-33)43-9)29(6)19-15-11-2)22-24-35(41)34-23-25-36(42)40(31(8)21-17-13-4)39(34)30(7)20-16-12-3/h22-31,42H,10-21H2,1-9H3/b24-22+. The van der Waals surface area contributed by atoms with Crippen molar-refractivity contribution in [2.24, 2.45) is 0 Å². The number of phenols is 1. The van der Waals surface area contributed by atoms with Gasteiger partial charge in [-0.25, -0.2) is 0 Å². The van der Waals surface area contributed by atoms with E-state index >= 15 is 0 Å². The summed E-state index contributed by atoms with van der Waals surface area (Å²) in [6.45, 7) is 17.9. The zero-order valence-electron chi connectivity index (χ0n) is 29.0. The third-order valence-electron chi connectivity index (χ3n) is 9.37. The number of hydrogen-bond acceptors (Lipinski definition) is 3. The van der Waals surface area contributed by atoms with Crippen LogP contribution in [0.1, 0.15) is 194 Å². The van der Waals surface area contributed by atoms with Crippen molar-refractivity contribution >= 4 is 11.9 Å². The fourth-order valence-corrected chi connectivity index (χ4v) is 6.57. The number of benzene rings is 2. The first-order valence-electron chi connectivity index (χ1n) is 17.4. The molecule has 2 aromatic rings. The molecular weight excluding hydrogens is 528 g/mol. The third kappa shape index (κ3) is 10.3. The zero-order chi connectivity index (χ0) is 31.9. The van der Waals surface area contributed by atoms with Crippen LogP contribution >= 0.6 is 0 Å². The molecule has 0 radical (unpaired) electrons. The number of carbonyl (C=O) groups is 1. The first-order chi connectivity index (χ1) is 20.6. The van der Waals surface area contributed by atoms with Gasteiger partial charge in [0.2, 0.25) is 0 Å². The Morgan fingerprint density at radius 2 is 1.21 bits per heavy atom. The molecule has 0 bridgehead atoms. The van der Waals surface area contributed by atoms with Crippen molar-refractivity contribution in [3.8, 4) is 11.5 Å². The van der Waals surface area contributed by atoms with Crippen molar-refractivity contribution in [2.45, 2.75) is 156 Å². The Hall–Kier alpha value is -2.55. The molecule has 2 aromatic carbocycles. The minimum atomic E-state index is 0.0119. The summed E-state index contributed by atoms with van der Waals surface area (Å²) in [5.74, 6) is 2.42. The van der Waals surface area contributed by atoms with Gasteiger partial charge in [-0.2, -0.15) is 0 Å². The number of methoxy groups -OCH3 is 1. The summed E-state index contributed by atoms with van der Waals surface area (Å²) in [4.78, 5) is 14.1. The van der Waals surface area contributed by atoms with Crippen molar-refractivity contribution < 1.29 is 14.6 Å². The monoisotopic (exact) mass is 590 g/mol. The highest BCUT2D eigenvalue weighted by Crippen LogP contribution is 2.41. The number of allylic oxidation sites excluding steroid dienone is 1. The maximum Gasteiger partial charge on any atom is 0.186 e. The van der Waals surface area contributed by atoms with Crippen LogP contribution in [0.4, 0.5) is 0 Å². The van der Waals surface area contributed by atoms with Crippen LogP contribution in [0.25, 0.3) is 6.08 Å². The van der Waals surface area contributed by atoms with Gasteiger partial charge in [0.05, 0.1) is 7.11 Å². The molecule has 0 spiro atoms. The van der Waals surface area contributed by atoms with Gasteiger partial charge in [-0.1, -0.05) is 119 Å². The number of ketones is 1. The van der Waals surface area contributed by atoms with Gasteiger partial charge in [-0.3, -0.25) is 4.79 Å². The number of carbonyl (C=O) groups excluding carboxylic acids is 1. The molecule has 1 N–H and O–H groups in total. The van der Waals surface area contributed by atoms with Crippen LogP contribution in [0.15, 0.2) is 30.3 Å². The molecular formula is C40H62O3. The summed E-state index contributed by atoms with van der Waals surface area (Å²) in [5, 5.41) is 11.1. The number of ether oxygens (including phenoxy) is 1. The molecule has 0 saturated heterocycles. The average Bonchev–Trinajstić information content (AvgIpc) is 3.01. The number of unbranched alkanes of at least 4 members (excludes halogenated alkanes) is 4. The molecule has 0 aliphatic rings. The van der Waals surface area contributed by atoms with E-state index in [0.717, 1.165) is 92.2 Å². The number of rotatable bonds is 20. The highest BCUT2D eigenvalue weighted by Gasteiger charge is 2.25. The van der Waals surface area contributed by atoms with Crippen LogP contribution in [0.5, 0.6) is 11.5 Å². The van der Waals surface area contributed by atoms with Gasteiger partial charge in [-0.05, 0) is 90.3 Å². The second kappa shape index (κ2) is 19.0. The summed E-state index contributed by atoms with van der Waals surface area (Å²) in [7, 11) is 1.77. The van der Waals surface area contributed by atoms with Crippen molar-refractivity contribution in [1.82, 2.24) is 0 Å². The Morgan fingerprint density at radius 1 is 0.721 bits per heavy atom. The Morgan fingerprint density at radius 3 is 1.72 bits per heavy atom. The van der Waals surface area contributed by atoms with Crippen LogP contribution in [0, 0.1) is 0 Å². The van der Waals surface area contributed by atoms with E-state index < -0.39 is 0 Å². The van der Waals surface area contributed by atoms with Crippen molar-refractivity contribution in [3.63, 3.8) is 0 Å². The van der Waals surface area contributed by atoms with E-state index in [0.29, 0.717) is 17.6 Å². The maximum atomic E-state index is 14.1. The lowest BCUT2D eigenvalue weighted by Crippen LogP contribution is -2.11. The van der Waals surface area contributed by atoms with Crippen molar-refractivity contribution in [3.05, 3.63) is 63.7 Å². The predicted molar refractivity (Wildman–Crippen MR) is 186 cm³/mol. The molecule has 2 rings (SSSR count). The summed E-state index contributed by atoms with van der Waals surface area (Å²) in [6, 6.07) is 8.12. The van der Waals surface area contributed by atoms with Crippen LogP contribution < -0.4 is 4.74 Å². The molecule has 0 saturated carbocycles. The van der Waals surface area contributed by atoms with Crippen LogP contribution in [0.2, 0.25) is 0 Å². The number of aromatic hydroxyl groups is 1. The second-order valence-electron chi connectivity index (χ2n) is 13.1. The molecule has 43 heavy (non-hydrogen) atoms. The minimum Gasteiger partial charge on any atom is -0.508 e. The lowest BCUT2D eigenvalue weighted by Gasteiger charge is -2.25. The lowest BCUT2D eigenvalue weighted by atomic mass is 9.80. The Balaban J connectivity index is 2.67. The molecule has 240 valence electrons. The van der Waals surface area contributed by atoms with Gasteiger partial charge < -0.3 is 9.84 Å². The fourth-order valence-electron chi connectivity index (χ4n) is 6.57. The minimum absolute atomic E-state index is 0.0119. The topological polar surface area (TPSA) is 46.5 Å². The van der Waals surface area contributed by atoms with E-state index in [-0.39, 0.29) is 17.6 Å². The van der Waals surface area contributed by atoms with Gasteiger partial charge in [0.1, 0.15) is 11.5 Å². The average molecular weight is 591 g/mol. The Kier molecular flexibility index (Phi) is 16.2. The van der Waals surface area contributed by atoms with E-state index in [2.05, 4.69) is 67.5 Å². The normalized spacial score (nSPS) is 14.5. The Labute approximate surface area is 264 Å². The smallest absolute Gasteiger partial charge is 0.186 e. The first kappa shape index (κ1) is 36.6. The molecule has 0 aromatic heterocycles. The first-order valence-corrected chi connectivity index (χ1v) is 17.4. The lowest BCUT2D eigenvalue weighted by molar-refractivity contribution is 0.104. The highest BCUT2D eigenvalue weighted by molar-refractivity contribution is 6.08. The van der Waals surface area contributed by atoms with Gasteiger partial charge in [0.15, 0.2) is 5.78 Å². The second-order valence-corrected chi connectivity index (χ2v) is 13.1. The summed E-state index contributed by atoms with van der Waals surface area (Å²) in [5.41, 5.74) is 6.31. The quantitative estimate of drug-likeness (QED) is 0.123. The SMILES string of the molecule is CCCCC(C)c1cc(/C=C/C(=O)c2ccc(O)c(C(C)CCCC)c2C(C)CCCC)c(C(C)CCCC)c(OC)c1. The van der Waals surface area contributed by atoms with Gasteiger partial charge in [0, 0.05) is 16.7 Å². The fraction of sp³-hybridized carbons (Fsp3) is 0.625. The van der Waals surface area contributed by atoms with E-state index in [1.54, 1.807) is 19.3 Å². The highest BCUT2D eigenvalue weighted by atomic mass is 16.5. The molecule has 3 heteroatoms. The van der Waals surface area contributed by atoms with E-state index in [9.17, 15) is 9.90 Å². The van der Waals surface area contributed by atoms with Crippen molar-refractivity contribution in [2.75, 3.05) is 7.11 Å². The van der Waals surface area contributed by atoms with Crippen LogP contribution in [0.3, 0.4) is 0 Å². The summed E-state index contributed by atoms with van der Waals surface area (Å²) in [6.07, 6.45) is 17.2. The van der Waals surface area contributed by atoms with E-state index in [1.165, 1.54) is 24.0 Å². The Bertz CT molecular complexity index is 1160. The maximum absolute atomic E-state index is 14.1. The zero-order valence-corrected chi connectivity index (χ0v) is 29.0. The van der Waals surface area contributed by atoms with Crippen molar-refractivity contribution in [1.29, 1.82) is 0 Å². The van der Waals surface area contributed by atoms with Gasteiger partial charge in [0.25, 0.3) is 0 Å². The molecule has 0 fully saturated rings. The van der Waals surface area contributed by atoms with E-state index in [1.807, 2.05) is 12.1 Å². The van der Waals surface area contributed by atoms with Gasteiger partial charge in [-0.15, -0.1) is 0 Å². The molecule has 0 amide bonds. The van der Waals surface area contributed by atoms with E-state index in [4.69, 9.17) is 4.74 Å². The molecule has 4 unspecified atom stereocenters. The molecule has 3 nitrogen and oxygen atoms in total. The number of phenolic OH excluding ortho intramolecular Hbond substituents is 1. The van der Waals surface area contributed by atoms with Gasteiger partial charge >= 0.3 is 0 Å².